The molecule has 0 bridgehead atoms. The second-order valence-electron chi connectivity index (χ2n) is 4.83. The Morgan fingerprint density at radius 1 is 0.444 bits per heavy atom. The van der Waals surface area contributed by atoms with E-state index in [-0.39, 0.29) is 21.2 Å². The quantitative estimate of drug-likeness (QED) is 0.432. The van der Waals surface area contributed by atoms with Crippen molar-refractivity contribution >= 4 is 0 Å². The third-order valence-electron chi connectivity index (χ3n) is 2.79. The average molecular weight is 519 g/mol. The highest BCUT2D eigenvalue weighted by Crippen LogP contribution is 2.53. The molecule has 11 heteroatoms. The van der Waals surface area contributed by atoms with Crippen molar-refractivity contribution in [1.29, 1.82) is 0 Å². The Morgan fingerprint density at radius 2 is 0.704 bits per heavy atom. The van der Waals surface area contributed by atoms with E-state index in [4.69, 9.17) is 0 Å². The Labute approximate surface area is 157 Å². The first-order valence-corrected chi connectivity index (χ1v) is 9.00. The summed E-state index contributed by atoms with van der Waals surface area (Å²) < 4.78 is 116. The molecule has 0 atom stereocenters. The summed E-state index contributed by atoms with van der Waals surface area (Å²) in [6, 6.07) is 21.4. The van der Waals surface area contributed by atoms with Gasteiger partial charge in [0.25, 0.3) is 0 Å². The molecule has 0 saturated heterocycles. The molecular formula is C16H10F10I+. The lowest BCUT2D eigenvalue weighted by molar-refractivity contribution is -0.597. The molecule has 27 heavy (non-hydrogen) atoms. The zero-order valence-corrected chi connectivity index (χ0v) is 15.1. The molecule has 0 spiro atoms. The van der Waals surface area contributed by atoms with Gasteiger partial charge in [0.1, 0.15) is 0 Å². The van der Waals surface area contributed by atoms with Gasteiger partial charge >= 0.3 is 45.4 Å². The van der Waals surface area contributed by atoms with Crippen molar-refractivity contribution in [3.63, 3.8) is 0 Å². The number of hydrogen-bond acceptors (Lipinski definition) is 0. The minimum absolute atomic E-state index is 0.0287. The van der Waals surface area contributed by atoms with Crippen LogP contribution >= 0.6 is 0 Å². The van der Waals surface area contributed by atoms with Gasteiger partial charge in [-0.25, -0.2) is 0 Å². The minimum atomic E-state index is -7.14. The molecule has 0 saturated carbocycles. The summed E-state index contributed by atoms with van der Waals surface area (Å²) >= 11 is 0.0287. The van der Waals surface area contributed by atoms with Gasteiger partial charge in [0.05, 0.1) is 0 Å². The minimum Gasteiger partial charge on any atom is -0.189 e. The Hall–Kier alpha value is -1.53. The second kappa shape index (κ2) is 8.65. The summed E-state index contributed by atoms with van der Waals surface area (Å²) in [5.74, 6) is -14.3. The van der Waals surface area contributed by atoms with Crippen LogP contribution in [0.25, 0.3) is 0 Å². The molecule has 0 aromatic heterocycles. The molecule has 0 unspecified atom stereocenters. The zero-order chi connectivity index (χ0) is 20.9. The maximum atomic E-state index is 11.6. The molecule has 0 aliphatic rings. The van der Waals surface area contributed by atoms with Crippen LogP contribution in [0.15, 0.2) is 60.7 Å². The van der Waals surface area contributed by atoms with Gasteiger partial charge in [-0.3, -0.25) is 0 Å². The molecule has 0 fully saturated rings. The topological polar surface area (TPSA) is 0 Å². The first-order chi connectivity index (χ1) is 12.2. The Bertz CT molecular complexity index is 631. The molecule has 2 aromatic rings. The third-order valence-corrected chi connectivity index (χ3v) is 5.47. The smallest absolute Gasteiger partial charge is 0.189 e. The van der Waals surface area contributed by atoms with Gasteiger partial charge in [0.2, 0.25) is 0 Å². The van der Waals surface area contributed by atoms with Gasteiger partial charge in [-0.1, -0.05) is 36.4 Å². The van der Waals surface area contributed by atoms with E-state index in [2.05, 4.69) is 60.7 Å². The summed E-state index contributed by atoms with van der Waals surface area (Å²) in [7, 11) is 0. The third kappa shape index (κ3) is 5.98. The van der Waals surface area contributed by atoms with Crippen LogP contribution in [-0.2, 0) is 0 Å². The zero-order valence-electron chi connectivity index (χ0n) is 12.9. The first-order valence-electron chi connectivity index (χ1n) is 6.84. The van der Waals surface area contributed by atoms with E-state index in [0.717, 1.165) is 0 Å². The van der Waals surface area contributed by atoms with E-state index in [1.54, 1.807) is 0 Å². The van der Waals surface area contributed by atoms with Crippen LogP contribution in [-0.4, -0.2) is 24.2 Å². The van der Waals surface area contributed by atoms with Crippen LogP contribution in [0, 0.1) is 7.14 Å². The van der Waals surface area contributed by atoms with Crippen LogP contribution in [0.3, 0.4) is 0 Å². The van der Waals surface area contributed by atoms with Crippen molar-refractivity contribution in [3.05, 3.63) is 67.8 Å². The van der Waals surface area contributed by atoms with Crippen LogP contribution in [0.4, 0.5) is 43.9 Å². The summed E-state index contributed by atoms with van der Waals surface area (Å²) in [5.41, 5.74) is 0. The molecular weight excluding hydrogens is 509 g/mol. The van der Waals surface area contributed by atoms with E-state index in [0.29, 0.717) is 0 Å². The van der Waals surface area contributed by atoms with E-state index >= 15 is 0 Å². The number of hydrogen-bond donors (Lipinski definition) is 0. The largest absolute Gasteiger partial charge is 0.460 e. The van der Waals surface area contributed by atoms with Crippen LogP contribution in [0.1, 0.15) is 0 Å². The molecule has 0 aliphatic heterocycles. The van der Waals surface area contributed by atoms with Gasteiger partial charge in [-0.05, 0) is 24.3 Å². The molecule has 2 rings (SSSR count). The fraction of sp³-hybridized carbons (Fsp3) is 0.250. The maximum absolute atomic E-state index is 11.6. The lowest BCUT2D eigenvalue weighted by atomic mass is 10.1. The normalized spacial score (nSPS) is 13.0. The van der Waals surface area contributed by atoms with Crippen molar-refractivity contribution < 1.29 is 65.1 Å². The van der Waals surface area contributed by atoms with E-state index in [1.807, 2.05) is 0 Å². The molecule has 150 valence electrons. The van der Waals surface area contributed by atoms with E-state index in [1.165, 1.54) is 7.14 Å². The summed E-state index contributed by atoms with van der Waals surface area (Å²) in [4.78, 5) is 0. The van der Waals surface area contributed by atoms with Gasteiger partial charge in [0.15, 0.2) is 7.14 Å². The molecule has 0 radical (unpaired) electrons. The summed E-state index contributed by atoms with van der Waals surface area (Å²) in [6.45, 7) is 0. The molecule has 0 heterocycles. The number of benzene rings is 2. The van der Waals surface area contributed by atoms with Crippen LogP contribution < -0.4 is 21.2 Å². The average Bonchev–Trinajstić information content (AvgIpc) is 2.55. The Morgan fingerprint density at radius 3 is 0.926 bits per heavy atom. The van der Waals surface area contributed by atoms with Crippen molar-refractivity contribution in [2.45, 2.75) is 24.2 Å². The molecule has 0 nitrogen and oxygen atoms in total. The molecule has 0 amide bonds. The lowest BCUT2D eigenvalue weighted by Crippen LogP contribution is -3.61. The summed E-state index contributed by atoms with van der Waals surface area (Å²) in [6.07, 6.45) is -13.9. The predicted octanol–water partition coefficient (Wildman–Crippen LogP) is 3.20. The second-order valence-corrected chi connectivity index (χ2v) is 7.86. The van der Waals surface area contributed by atoms with Crippen LogP contribution in [0.5, 0.6) is 0 Å². The fourth-order valence-corrected chi connectivity index (χ4v) is 3.71. The predicted molar refractivity (Wildman–Crippen MR) is 72.3 cm³/mol. The summed E-state index contributed by atoms with van der Waals surface area (Å²) in [5, 5.41) is 0. The first kappa shape index (κ1) is 23.5. The molecule has 0 aliphatic carbocycles. The maximum Gasteiger partial charge on any atom is 0.460 e. The highest BCUT2D eigenvalue weighted by Gasteiger charge is 2.82. The highest BCUT2D eigenvalue weighted by atomic mass is 127. The van der Waals surface area contributed by atoms with Gasteiger partial charge in [-0.15, -0.1) is 0 Å². The van der Waals surface area contributed by atoms with Gasteiger partial charge in [0, 0.05) is 0 Å². The Balaban J connectivity index is 0.000000270. The lowest BCUT2D eigenvalue weighted by Gasteiger charge is -2.29. The van der Waals surface area contributed by atoms with Crippen molar-refractivity contribution in [2.24, 2.45) is 0 Å². The van der Waals surface area contributed by atoms with E-state index < -0.39 is 24.2 Å². The van der Waals surface area contributed by atoms with Crippen LogP contribution in [0.2, 0.25) is 0 Å². The standard InChI is InChI=1S/C12H10I.C4F10/c1-3-7-11(8-4-1)13-12-9-5-2-6-10-12;5-1(6,3(9,10)11)2(7,8)4(12,13)14/h1-10H;/q+1;. The molecule has 0 N–H and O–H groups in total. The van der Waals surface area contributed by atoms with Crippen molar-refractivity contribution in [2.75, 3.05) is 0 Å². The van der Waals surface area contributed by atoms with Crippen molar-refractivity contribution in [3.8, 4) is 0 Å². The number of alkyl halides is 10. The fourth-order valence-electron chi connectivity index (χ4n) is 1.44. The monoisotopic (exact) mass is 519 g/mol. The van der Waals surface area contributed by atoms with Gasteiger partial charge in [-0.2, -0.15) is 43.9 Å². The van der Waals surface area contributed by atoms with E-state index in [9.17, 15) is 43.9 Å². The highest BCUT2D eigenvalue weighted by molar-refractivity contribution is 5.02. The van der Waals surface area contributed by atoms with Gasteiger partial charge < -0.3 is 0 Å². The molecule has 2 aromatic carbocycles. The number of halogens is 11. The number of rotatable bonds is 3. The van der Waals surface area contributed by atoms with Crippen molar-refractivity contribution in [1.82, 2.24) is 0 Å². The Kier molecular flexibility index (Phi) is 7.53. The SMILES string of the molecule is FC(F)(F)C(F)(F)C(F)(F)C(F)(F)F.c1ccc([I+]c2ccccc2)cc1.